The molecule has 5 rings (SSSR count). The van der Waals surface area contributed by atoms with E-state index in [4.69, 9.17) is 16.6 Å². The van der Waals surface area contributed by atoms with E-state index in [2.05, 4.69) is 15.2 Å². The summed E-state index contributed by atoms with van der Waals surface area (Å²) in [5, 5.41) is 9.89. The number of hydrogen-bond donors (Lipinski definition) is 1. The fourth-order valence-electron chi connectivity index (χ4n) is 3.04. The summed E-state index contributed by atoms with van der Waals surface area (Å²) in [5.41, 5.74) is 3.27. The number of rotatable bonds is 3. The van der Waals surface area contributed by atoms with Gasteiger partial charge in [0.2, 0.25) is 0 Å². The lowest BCUT2D eigenvalue weighted by atomic mass is 10.2. The van der Waals surface area contributed by atoms with Crippen LogP contribution in [0.1, 0.15) is 10.7 Å². The first-order chi connectivity index (χ1) is 12.7. The van der Waals surface area contributed by atoms with Gasteiger partial charge in [-0.3, -0.25) is 9.67 Å². The molecule has 8 heteroatoms. The third-order valence-corrected chi connectivity index (χ3v) is 5.29. The summed E-state index contributed by atoms with van der Waals surface area (Å²) in [7, 11) is 0. The van der Waals surface area contributed by atoms with E-state index in [0.717, 1.165) is 32.8 Å². The van der Waals surface area contributed by atoms with Crippen molar-refractivity contribution in [2.24, 2.45) is 0 Å². The van der Waals surface area contributed by atoms with Crippen LogP contribution < -0.4 is 0 Å². The van der Waals surface area contributed by atoms with E-state index in [1.54, 1.807) is 12.3 Å². The summed E-state index contributed by atoms with van der Waals surface area (Å²) in [5.74, 6) is 0.549. The van der Waals surface area contributed by atoms with Gasteiger partial charge in [-0.2, -0.15) is 5.10 Å². The first kappa shape index (κ1) is 15.5. The quantitative estimate of drug-likeness (QED) is 0.458. The van der Waals surface area contributed by atoms with E-state index in [9.17, 15) is 4.39 Å². The van der Waals surface area contributed by atoms with Crippen LogP contribution in [0.15, 0.2) is 48.0 Å². The zero-order valence-corrected chi connectivity index (χ0v) is 14.9. The number of aromatic nitrogens is 5. The van der Waals surface area contributed by atoms with Crippen molar-refractivity contribution in [3.05, 3.63) is 69.6 Å². The van der Waals surface area contributed by atoms with Crippen LogP contribution in [0.2, 0.25) is 5.15 Å². The van der Waals surface area contributed by atoms with Gasteiger partial charge in [-0.1, -0.05) is 11.6 Å². The van der Waals surface area contributed by atoms with Gasteiger partial charge >= 0.3 is 0 Å². The van der Waals surface area contributed by atoms with Gasteiger partial charge in [0.15, 0.2) is 5.65 Å². The number of nitrogens with zero attached hydrogens (tertiary/aromatic N) is 4. The van der Waals surface area contributed by atoms with E-state index in [-0.39, 0.29) is 5.82 Å². The molecule has 0 aliphatic carbocycles. The molecule has 0 spiro atoms. The minimum absolute atomic E-state index is 0.228. The number of hydrogen-bond acceptors (Lipinski definition) is 4. The van der Waals surface area contributed by atoms with Crippen molar-refractivity contribution in [3.8, 4) is 5.69 Å². The Morgan fingerprint density at radius 1 is 1.15 bits per heavy atom. The molecule has 0 saturated carbocycles. The highest BCUT2D eigenvalue weighted by molar-refractivity contribution is 7.09. The Balaban J connectivity index is 1.74. The molecule has 0 fully saturated rings. The van der Waals surface area contributed by atoms with Gasteiger partial charge in [-0.15, -0.1) is 11.3 Å². The van der Waals surface area contributed by atoms with E-state index < -0.39 is 0 Å². The number of fused-ring (bicyclic) bond motifs is 2. The minimum atomic E-state index is -0.228. The van der Waals surface area contributed by atoms with Gasteiger partial charge in [0, 0.05) is 27.8 Å². The number of benzene rings is 1. The van der Waals surface area contributed by atoms with Crippen LogP contribution in [-0.4, -0.2) is 24.7 Å². The molecule has 1 N–H and O–H groups in total. The molecule has 0 radical (unpaired) electrons. The lowest BCUT2D eigenvalue weighted by Crippen LogP contribution is -2.02. The molecular formula is C18H11ClFN5S. The number of thiophene rings is 1. The Hall–Kier alpha value is -2.77. The van der Waals surface area contributed by atoms with Crippen LogP contribution in [0.25, 0.3) is 27.8 Å². The monoisotopic (exact) mass is 383 g/mol. The third-order valence-electron chi connectivity index (χ3n) is 4.18. The standard InChI is InChI=1S/C18H11ClFN5S/c19-16-4-3-15-18(23-16)25(12-1-2-14-10(5-12)8-21-24-14)17(22-15)7-13-6-11(20)9-26-13/h1-6,8-9H,7H2,(H,21,24). The lowest BCUT2D eigenvalue weighted by Gasteiger charge is -2.08. The minimum Gasteiger partial charge on any atom is -0.280 e. The first-order valence-corrected chi connectivity index (χ1v) is 9.13. The van der Waals surface area contributed by atoms with E-state index in [0.29, 0.717) is 17.2 Å². The van der Waals surface area contributed by atoms with E-state index in [1.165, 1.54) is 22.8 Å². The van der Waals surface area contributed by atoms with Crippen LogP contribution >= 0.6 is 22.9 Å². The van der Waals surface area contributed by atoms with E-state index in [1.807, 2.05) is 28.8 Å². The Morgan fingerprint density at radius 2 is 2.08 bits per heavy atom. The second-order valence-electron chi connectivity index (χ2n) is 5.89. The predicted molar refractivity (Wildman–Crippen MR) is 101 cm³/mol. The Kier molecular flexibility index (Phi) is 3.51. The second kappa shape index (κ2) is 5.89. The van der Waals surface area contributed by atoms with Gasteiger partial charge in [0.25, 0.3) is 0 Å². The molecule has 0 atom stereocenters. The second-order valence-corrected chi connectivity index (χ2v) is 7.27. The normalized spacial score (nSPS) is 11.6. The molecule has 0 saturated heterocycles. The predicted octanol–water partition coefficient (Wildman–Crippen LogP) is 4.74. The summed E-state index contributed by atoms with van der Waals surface area (Å²) >= 11 is 7.49. The molecular weight excluding hydrogens is 373 g/mol. The molecule has 5 aromatic rings. The van der Waals surface area contributed by atoms with Crippen LogP contribution in [0.3, 0.4) is 0 Å². The van der Waals surface area contributed by atoms with Crippen LogP contribution in [0, 0.1) is 5.82 Å². The fraction of sp³-hybridized carbons (Fsp3) is 0.0556. The maximum atomic E-state index is 13.4. The van der Waals surface area contributed by atoms with Gasteiger partial charge in [0.1, 0.15) is 22.3 Å². The van der Waals surface area contributed by atoms with Crippen LogP contribution in [-0.2, 0) is 6.42 Å². The van der Waals surface area contributed by atoms with Crippen molar-refractivity contribution < 1.29 is 4.39 Å². The molecule has 4 aromatic heterocycles. The zero-order valence-electron chi connectivity index (χ0n) is 13.3. The highest BCUT2D eigenvalue weighted by Crippen LogP contribution is 2.26. The Morgan fingerprint density at radius 3 is 2.92 bits per heavy atom. The highest BCUT2D eigenvalue weighted by atomic mass is 35.5. The maximum absolute atomic E-state index is 13.4. The van der Waals surface area contributed by atoms with Gasteiger partial charge in [-0.05, 0) is 36.4 Å². The summed E-state index contributed by atoms with van der Waals surface area (Å²) < 4.78 is 15.4. The molecule has 26 heavy (non-hydrogen) atoms. The molecule has 4 heterocycles. The van der Waals surface area contributed by atoms with Crippen molar-refractivity contribution >= 4 is 45.0 Å². The van der Waals surface area contributed by atoms with Crippen molar-refractivity contribution in [2.75, 3.05) is 0 Å². The van der Waals surface area contributed by atoms with E-state index >= 15 is 0 Å². The largest absolute Gasteiger partial charge is 0.280 e. The molecule has 5 nitrogen and oxygen atoms in total. The molecule has 0 aliphatic rings. The van der Waals surface area contributed by atoms with Crippen LogP contribution in [0.4, 0.5) is 4.39 Å². The van der Waals surface area contributed by atoms with Gasteiger partial charge < -0.3 is 0 Å². The molecule has 0 bridgehead atoms. The summed E-state index contributed by atoms with van der Waals surface area (Å²) in [6.45, 7) is 0. The van der Waals surface area contributed by atoms with Crippen molar-refractivity contribution in [3.63, 3.8) is 0 Å². The van der Waals surface area contributed by atoms with Gasteiger partial charge in [0.05, 0.1) is 11.7 Å². The van der Waals surface area contributed by atoms with Crippen LogP contribution in [0.5, 0.6) is 0 Å². The Bertz CT molecular complexity index is 1260. The lowest BCUT2D eigenvalue weighted by molar-refractivity contribution is 0.632. The fourth-order valence-corrected chi connectivity index (χ4v) is 3.91. The average Bonchev–Trinajstić information content (AvgIpc) is 3.32. The summed E-state index contributed by atoms with van der Waals surface area (Å²) in [6.07, 6.45) is 2.28. The number of halogens is 2. The number of nitrogens with one attached hydrogen (secondary N) is 1. The number of H-pyrrole nitrogens is 1. The van der Waals surface area contributed by atoms with Crippen molar-refractivity contribution in [1.29, 1.82) is 0 Å². The zero-order chi connectivity index (χ0) is 17.7. The third kappa shape index (κ3) is 2.56. The molecule has 1 aromatic carbocycles. The number of imidazole rings is 1. The summed E-state index contributed by atoms with van der Waals surface area (Å²) in [6, 6.07) is 11.0. The average molecular weight is 384 g/mol. The van der Waals surface area contributed by atoms with Crippen molar-refractivity contribution in [2.45, 2.75) is 6.42 Å². The number of pyridine rings is 1. The Labute approximate surface area is 156 Å². The highest BCUT2D eigenvalue weighted by Gasteiger charge is 2.16. The maximum Gasteiger partial charge on any atom is 0.166 e. The molecule has 128 valence electrons. The molecule has 0 unspecified atom stereocenters. The topological polar surface area (TPSA) is 59.4 Å². The van der Waals surface area contributed by atoms with Gasteiger partial charge in [-0.25, -0.2) is 14.4 Å². The first-order valence-electron chi connectivity index (χ1n) is 7.88. The summed E-state index contributed by atoms with van der Waals surface area (Å²) in [4.78, 5) is 10.1. The molecule has 0 amide bonds. The SMILES string of the molecule is Fc1csc(Cc2nc3ccc(Cl)nc3n2-c2ccc3[nH]ncc3c2)c1. The molecule has 0 aliphatic heterocycles. The van der Waals surface area contributed by atoms with Crippen molar-refractivity contribution in [1.82, 2.24) is 24.7 Å². The number of aromatic amines is 1. The smallest absolute Gasteiger partial charge is 0.166 e.